The number of benzene rings is 1. The van der Waals surface area contributed by atoms with Gasteiger partial charge in [0.05, 0.1) is 10.8 Å². The van der Waals surface area contributed by atoms with Gasteiger partial charge in [0.15, 0.2) is 5.78 Å². The monoisotopic (exact) mass is 303 g/mol. The van der Waals surface area contributed by atoms with Crippen molar-refractivity contribution < 1.29 is 4.79 Å². The Bertz CT molecular complexity index is 638. The highest BCUT2D eigenvalue weighted by Gasteiger charge is 2.31. The second-order valence-electron chi connectivity index (χ2n) is 5.11. The Morgan fingerprint density at radius 1 is 1.20 bits per heavy atom. The van der Waals surface area contributed by atoms with Gasteiger partial charge in [-0.05, 0) is 12.1 Å². The number of fused-ring (bicyclic) bond motifs is 1. The van der Waals surface area contributed by atoms with Crippen LogP contribution in [0.3, 0.4) is 0 Å². The van der Waals surface area contributed by atoms with Crippen LogP contribution >= 0.6 is 23.5 Å². The van der Waals surface area contributed by atoms with Crippen molar-refractivity contribution in [3.63, 3.8) is 0 Å². The number of thioether (sulfide) groups is 2. The number of nitrogens with zero attached hydrogens (tertiary/aromatic N) is 1. The average Bonchev–Trinajstić information content (AvgIpc) is 2.49. The fraction of sp³-hybridized carbons (Fsp3) is 0.375. The largest absolute Gasteiger partial charge is 0.293 e. The van der Waals surface area contributed by atoms with Gasteiger partial charge in [0.2, 0.25) is 0 Å². The predicted molar refractivity (Wildman–Crippen MR) is 88.8 cm³/mol. The normalized spacial score (nSPS) is 26.6. The predicted octanol–water partition coefficient (Wildman–Crippen LogP) is 4.04. The lowest BCUT2D eigenvalue weighted by molar-refractivity contribution is 0.0996. The molecule has 0 N–H and O–H groups in total. The molecule has 1 fully saturated rings. The Labute approximate surface area is 127 Å². The Kier molecular flexibility index (Phi) is 4.03. The molecule has 20 heavy (non-hydrogen) atoms. The first kappa shape index (κ1) is 14.0. The molecule has 0 amide bonds. The molecule has 2 nitrogen and oxygen atoms in total. The second kappa shape index (κ2) is 5.78. The molecule has 1 aromatic heterocycles. The van der Waals surface area contributed by atoms with Gasteiger partial charge in [-0.1, -0.05) is 32.0 Å². The quantitative estimate of drug-likeness (QED) is 0.783. The first-order valence-electron chi connectivity index (χ1n) is 6.82. The molecule has 3 atom stereocenters. The van der Waals surface area contributed by atoms with Gasteiger partial charge >= 0.3 is 0 Å². The van der Waals surface area contributed by atoms with Crippen molar-refractivity contribution in [1.29, 1.82) is 0 Å². The van der Waals surface area contributed by atoms with E-state index in [2.05, 4.69) is 18.8 Å². The van der Waals surface area contributed by atoms with Crippen LogP contribution in [0.15, 0.2) is 36.5 Å². The third kappa shape index (κ3) is 2.59. The van der Waals surface area contributed by atoms with Gasteiger partial charge in [-0.15, -0.1) is 11.8 Å². The van der Waals surface area contributed by atoms with Gasteiger partial charge in [-0.2, -0.15) is 11.8 Å². The summed E-state index contributed by atoms with van der Waals surface area (Å²) in [6, 6.07) is 9.70. The molecular formula is C16H17NOS2. The molecule has 3 rings (SSSR count). The molecule has 0 aliphatic carbocycles. The van der Waals surface area contributed by atoms with Crippen molar-refractivity contribution in [3.05, 3.63) is 42.1 Å². The summed E-state index contributed by atoms with van der Waals surface area (Å²) in [4.78, 5) is 17.1. The lowest BCUT2D eigenvalue weighted by Crippen LogP contribution is -2.31. The fourth-order valence-corrected chi connectivity index (χ4v) is 5.28. The van der Waals surface area contributed by atoms with Crippen LogP contribution in [-0.2, 0) is 0 Å². The molecule has 1 aliphatic rings. The minimum absolute atomic E-state index is 0.0667. The maximum Gasteiger partial charge on any atom is 0.177 e. The lowest BCUT2D eigenvalue weighted by atomic mass is 10.0. The van der Waals surface area contributed by atoms with E-state index in [1.54, 1.807) is 6.20 Å². The summed E-state index contributed by atoms with van der Waals surface area (Å²) in [5.74, 6) is 1.16. The van der Waals surface area contributed by atoms with Gasteiger partial charge < -0.3 is 0 Å². The van der Waals surface area contributed by atoms with Crippen LogP contribution in [-0.4, -0.2) is 32.3 Å². The molecule has 3 unspecified atom stereocenters. The van der Waals surface area contributed by atoms with E-state index >= 15 is 0 Å². The van der Waals surface area contributed by atoms with Crippen LogP contribution in [0, 0.1) is 0 Å². The van der Waals surface area contributed by atoms with Crippen LogP contribution in [0.2, 0.25) is 0 Å². The van der Waals surface area contributed by atoms with Crippen molar-refractivity contribution in [2.24, 2.45) is 0 Å². The average molecular weight is 303 g/mol. The first-order chi connectivity index (χ1) is 9.66. The number of carbonyl (C=O) groups is 1. The highest BCUT2D eigenvalue weighted by Crippen LogP contribution is 2.37. The number of aromatic nitrogens is 1. The number of hydrogen-bond donors (Lipinski definition) is 0. The molecule has 2 heterocycles. The first-order valence-corrected chi connectivity index (χ1v) is 8.81. The van der Waals surface area contributed by atoms with Crippen LogP contribution in [0.1, 0.15) is 24.2 Å². The summed E-state index contributed by atoms with van der Waals surface area (Å²) in [5, 5.41) is 2.18. The SMILES string of the molecule is CC1SCC(C(=O)c2cccc3ncccc23)SC1C. The fourth-order valence-electron chi connectivity index (χ4n) is 2.41. The molecule has 0 spiro atoms. The maximum atomic E-state index is 12.8. The van der Waals surface area contributed by atoms with E-state index in [4.69, 9.17) is 0 Å². The zero-order valence-corrected chi connectivity index (χ0v) is 13.2. The van der Waals surface area contributed by atoms with Crippen LogP contribution in [0.25, 0.3) is 10.9 Å². The van der Waals surface area contributed by atoms with Crippen molar-refractivity contribution in [2.75, 3.05) is 5.75 Å². The second-order valence-corrected chi connectivity index (χ2v) is 8.10. The van der Waals surface area contributed by atoms with Gasteiger partial charge in [0, 0.05) is 33.4 Å². The van der Waals surface area contributed by atoms with Crippen molar-refractivity contribution in [2.45, 2.75) is 29.6 Å². The van der Waals surface area contributed by atoms with E-state index in [1.165, 1.54) is 0 Å². The third-order valence-electron chi connectivity index (χ3n) is 3.75. The number of Topliss-reactive ketones (excluding diaryl/α,β-unsaturated/α-hetero) is 1. The van der Waals surface area contributed by atoms with E-state index in [-0.39, 0.29) is 11.0 Å². The number of rotatable bonds is 2. The van der Waals surface area contributed by atoms with E-state index < -0.39 is 0 Å². The number of hydrogen-bond acceptors (Lipinski definition) is 4. The Hall–Kier alpha value is -1.00. The van der Waals surface area contributed by atoms with Gasteiger partial charge in [-0.3, -0.25) is 9.78 Å². The van der Waals surface area contributed by atoms with Crippen LogP contribution in [0.4, 0.5) is 0 Å². The van der Waals surface area contributed by atoms with Crippen molar-refractivity contribution in [3.8, 4) is 0 Å². The number of pyridine rings is 1. The molecule has 0 saturated carbocycles. The minimum Gasteiger partial charge on any atom is -0.293 e. The van der Waals surface area contributed by atoms with Crippen LogP contribution in [0.5, 0.6) is 0 Å². The van der Waals surface area contributed by atoms with Crippen LogP contribution < -0.4 is 0 Å². The highest BCUT2D eigenvalue weighted by atomic mass is 32.2. The van der Waals surface area contributed by atoms with Crippen molar-refractivity contribution >= 4 is 40.2 Å². The van der Waals surface area contributed by atoms with Gasteiger partial charge in [0.25, 0.3) is 0 Å². The van der Waals surface area contributed by atoms with E-state index in [1.807, 2.05) is 53.9 Å². The minimum atomic E-state index is 0.0667. The topological polar surface area (TPSA) is 30.0 Å². The molecular weight excluding hydrogens is 286 g/mol. The molecule has 1 saturated heterocycles. The summed E-state index contributed by atoms with van der Waals surface area (Å²) in [7, 11) is 0. The summed E-state index contributed by atoms with van der Waals surface area (Å²) < 4.78 is 0. The number of ketones is 1. The molecule has 0 radical (unpaired) electrons. The smallest absolute Gasteiger partial charge is 0.177 e. The third-order valence-corrected chi connectivity index (χ3v) is 7.14. The molecule has 4 heteroatoms. The molecule has 2 aromatic rings. The number of carbonyl (C=O) groups excluding carboxylic acids is 1. The zero-order chi connectivity index (χ0) is 14.1. The van der Waals surface area contributed by atoms with E-state index in [0.717, 1.165) is 22.2 Å². The Morgan fingerprint density at radius 2 is 2.05 bits per heavy atom. The summed E-state index contributed by atoms with van der Waals surface area (Å²) >= 11 is 3.72. The lowest BCUT2D eigenvalue weighted by Gasteiger charge is -2.30. The molecule has 0 bridgehead atoms. The van der Waals surface area contributed by atoms with Crippen molar-refractivity contribution in [1.82, 2.24) is 4.98 Å². The molecule has 1 aromatic carbocycles. The summed E-state index contributed by atoms with van der Waals surface area (Å²) in [6.07, 6.45) is 1.77. The van der Waals surface area contributed by atoms with Gasteiger partial charge in [-0.25, -0.2) is 0 Å². The highest BCUT2D eigenvalue weighted by molar-refractivity contribution is 8.08. The van der Waals surface area contributed by atoms with Gasteiger partial charge in [0.1, 0.15) is 0 Å². The molecule has 1 aliphatic heterocycles. The summed E-state index contributed by atoms with van der Waals surface area (Å²) in [5.41, 5.74) is 1.71. The Balaban J connectivity index is 1.93. The van der Waals surface area contributed by atoms with E-state index in [9.17, 15) is 4.79 Å². The molecule has 104 valence electrons. The van der Waals surface area contributed by atoms with E-state index in [0.29, 0.717) is 10.5 Å². The summed E-state index contributed by atoms with van der Waals surface area (Å²) in [6.45, 7) is 4.46. The standard InChI is InChI=1S/C16H17NOS2/c1-10-11(2)20-15(9-19-10)16(18)13-5-3-7-14-12(13)6-4-8-17-14/h3-8,10-11,15H,9H2,1-2H3. The maximum absolute atomic E-state index is 12.8. The zero-order valence-electron chi connectivity index (χ0n) is 11.6. The Morgan fingerprint density at radius 3 is 2.85 bits per heavy atom.